The lowest BCUT2D eigenvalue weighted by Gasteiger charge is -2.15. The zero-order valence-corrected chi connectivity index (χ0v) is 20.8. The van der Waals surface area contributed by atoms with E-state index in [9.17, 15) is 4.79 Å². The van der Waals surface area contributed by atoms with E-state index in [4.69, 9.17) is 38.8 Å². The Morgan fingerprint density at radius 3 is 2.81 bits per heavy atom. The zero-order valence-electron chi connectivity index (χ0n) is 19.3. The number of nitrogen functional groups attached to an aromatic ring is 1. The van der Waals surface area contributed by atoms with E-state index in [1.54, 1.807) is 24.4 Å². The standard InChI is InChI=1S/C26H25Cl2N5O3/c27-21-2-1-3-22(28)20(21)14-36-24-9-16(10-31-25(24)29)15-4-5-23-19(8-15)17(11-30-23)12-33-7-6-18(13-33)32-26(34)35/h1-5,8-11,18,30,32H,6-7,12-14H2,(H2,29,31)(H,34,35)/t18-/m1/s1. The first-order valence-corrected chi connectivity index (χ1v) is 12.3. The van der Waals surface area contributed by atoms with E-state index in [2.05, 4.69) is 26.3 Å². The van der Waals surface area contributed by atoms with E-state index in [1.807, 2.05) is 24.4 Å². The normalized spacial score (nSPS) is 15.9. The van der Waals surface area contributed by atoms with Gasteiger partial charge >= 0.3 is 6.09 Å². The first-order chi connectivity index (χ1) is 17.4. The van der Waals surface area contributed by atoms with Gasteiger partial charge in [0.2, 0.25) is 0 Å². The number of anilines is 1. The fourth-order valence-corrected chi connectivity index (χ4v) is 5.05. The molecule has 3 heterocycles. The molecule has 0 radical (unpaired) electrons. The van der Waals surface area contributed by atoms with Gasteiger partial charge in [0, 0.05) is 70.1 Å². The summed E-state index contributed by atoms with van der Waals surface area (Å²) < 4.78 is 5.95. The molecule has 186 valence electrons. The largest absolute Gasteiger partial charge is 0.485 e. The molecule has 5 N–H and O–H groups in total. The van der Waals surface area contributed by atoms with Crippen molar-refractivity contribution in [2.24, 2.45) is 0 Å². The Kier molecular flexibility index (Phi) is 6.91. The molecule has 0 spiro atoms. The third kappa shape index (κ3) is 5.21. The van der Waals surface area contributed by atoms with Crippen LogP contribution in [0, 0.1) is 0 Å². The number of fused-ring (bicyclic) bond motifs is 1. The van der Waals surface area contributed by atoms with Crippen LogP contribution >= 0.6 is 23.2 Å². The van der Waals surface area contributed by atoms with Gasteiger partial charge in [-0.2, -0.15) is 0 Å². The SMILES string of the molecule is Nc1ncc(-c2ccc3[nH]cc(CN4CC[C@@H](NC(=O)O)C4)c3c2)cc1OCc1c(Cl)cccc1Cl. The maximum absolute atomic E-state index is 10.9. The first kappa shape index (κ1) is 24.2. The lowest BCUT2D eigenvalue weighted by Crippen LogP contribution is -2.35. The molecule has 1 atom stereocenters. The predicted octanol–water partition coefficient (Wildman–Crippen LogP) is 5.54. The van der Waals surface area contributed by atoms with Crippen LogP contribution in [-0.2, 0) is 13.2 Å². The monoisotopic (exact) mass is 525 g/mol. The van der Waals surface area contributed by atoms with Crippen LogP contribution < -0.4 is 15.8 Å². The van der Waals surface area contributed by atoms with Crippen LogP contribution in [0.3, 0.4) is 0 Å². The number of ether oxygens (including phenoxy) is 1. The average Bonchev–Trinajstić information content (AvgIpc) is 3.46. The number of nitrogens with zero attached hydrogens (tertiary/aromatic N) is 2. The summed E-state index contributed by atoms with van der Waals surface area (Å²) in [5.74, 6) is 0.732. The van der Waals surface area contributed by atoms with Crippen LogP contribution in [0.25, 0.3) is 22.0 Å². The molecule has 10 heteroatoms. The molecule has 8 nitrogen and oxygen atoms in total. The third-order valence-electron chi connectivity index (χ3n) is 6.41. The van der Waals surface area contributed by atoms with E-state index < -0.39 is 6.09 Å². The lowest BCUT2D eigenvalue weighted by atomic mass is 10.0. The summed E-state index contributed by atoms with van der Waals surface area (Å²) in [7, 11) is 0. The number of H-pyrrole nitrogens is 1. The van der Waals surface area contributed by atoms with Crippen molar-refractivity contribution < 1.29 is 14.6 Å². The van der Waals surface area contributed by atoms with Gasteiger partial charge in [-0.3, -0.25) is 4.90 Å². The van der Waals surface area contributed by atoms with Crippen molar-refractivity contribution in [3.05, 3.63) is 76.0 Å². The molecule has 1 saturated heterocycles. The van der Waals surface area contributed by atoms with Gasteiger partial charge in [0.1, 0.15) is 6.61 Å². The Morgan fingerprint density at radius 1 is 1.22 bits per heavy atom. The van der Waals surface area contributed by atoms with Crippen molar-refractivity contribution in [2.45, 2.75) is 25.6 Å². The summed E-state index contributed by atoms with van der Waals surface area (Å²) in [5.41, 5.74) is 10.8. The Balaban J connectivity index is 1.36. The van der Waals surface area contributed by atoms with Gasteiger partial charge < -0.3 is 25.9 Å². The quantitative estimate of drug-likeness (QED) is 0.251. The summed E-state index contributed by atoms with van der Waals surface area (Å²) in [6.07, 6.45) is 3.56. The van der Waals surface area contributed by atoms with Crippen LogP contribution in [0.4, 0.5) is 10.6 Å². The minimum Gasteiger partial charge on any atom is -0.485 e. The number of hydrogen-bond acceptors (Lipinski definition) is 5. The first-order valence-electron chi connectivity index (χ1n) is 11.5. The molecule has 36 heavy (non-hydrogen) atoms. The van der Waals surface area contributed by atoms with Gasteiger partial charge in [-0.25, -0.2) is 9.78 Å². The highest BCUT2D eigenvalue weighted by atomic mass is 35.5. The number of rotatable bonds is 7. The Bertz CT molecular complexity index is 1400. The molecule has 1 fully saturated rings. The highest BCUT2D eigenvalue weighted by molar-refractivity contribution is 6.35. The zero-order chi connectivity index (χ0) is 25.2. The average molecular weight is 526 g/mol. The number of benzene rings is 2. The fourth-order valence-electron chi connectivity index (χ4n) is 4.55. The minimum absolute atomic E-state index is 0.0387. The number of nitrogens with two attached hydrogens (primary N) is 1. The van der Waals surface area contributed by atoms with Crippen molar-refractivity contribution in [3.63, 3.8) is 0 Å². The molecular weight excluding hydrogens is 501 g/mol. The highest BCUT2D eigenvalue weighted by Crippen LogP contribution is 2.32. The number of pyridine rings is 1. The van der Waals surface area contributed by atoms with Gasteiger partial charge in [0.25, 0.3) is 0 Å². The maximum Gasteiger partial charge on any atom is 0.404 e. The van der Waals surface area contributed by atoms with E-state index in [1.165, 1.54) is 0 Å². The van der Waals surface area contributed by atoms with Crippen LogP contribution in [0.2, 0.25) is 10.0 Å². The molecule has 0 aliphatic carbocycles. The topological polar surface area (TPSA) is 116 Å². The van der Waals surface area contributed by atoms with E-state index in [-0.39, 0.29) is 18.5 Å². The maximum atomic E-state index is 10.9. The van der Waals surface area contributed by atoms with E-state index >= 15 is 0 Å². The second kappa shape index (κ2) is 10.3. The van der Waals surface area contributed by atoms with Crippen molar-refractivity contribution >= 4 is 46.0 Å². The van der Waals surface area contributed by atoms with Crippen molar-refractivity contribution in [2.75, 3.05) is 18.8 Å². The summed E-state index contributed by atoms with van der Waals surface area (Å²) in [5, 5.41) is 13.7. The van der Waals surface area contributed by atoms with Crippen LogP contribution in [0.1, 0.15) is 17.5 Å². The Morgan fingerprint density at radius 2 is 2.03 bits per heavy atom. The molecule has 5 rings (SSSR count). The van der Waals surface area contributed by atoms with Crippen molar-refractivity contribution in [1.29, 1.82) is 0 Å². The molecule has 2 aromatic heterocycles. The molecule has 1 amide bonds. The summed E-state index contributed by atoms with van der Waals surface area (Å²) >= 11 is 12.5. The molecule has 2 aromatic carbocycles. The number of aromatic nitrogens is 2. The molecular formula is C26H25Cl2N5O3. The minimum atomic E-state index is -0.978. The molecule has 1 aliphatic heterocycles. The van der Waals surface area contributed by atoms with Gasteiger partial charge in [-0.1, -0.05) is 35.3 Å². The van der Waals surface area contributed by atoms with E-state index in [0.29, 0.717) is 27.9 Å². The van der Waals surface area contributed by atoms with Gasteiger partial charge in [0.15, 0.2) is 11.6 Å². The summed E-state index contributed by atoms with van der Waals surface area (Å²) in [6, 6.07) is 13.3. The Labute approximate surface area is 218 Å². The third-order valence-corrected chi connectivity index (χ3v) is 7.12. The van der Waals surface area contributed by atoms with Gasteiger partial charge in [0.05, 0.1) is 0 Å². The Hall–Kier alpha value is -3.46. The summed E-state index contributed by atoms with van der Waals surface area (Å²) in [4.78, 5) is 20.9. The van der Waals surface area contributed by atoms with Crippen LogP contribution in [0.15, 0.2) is 54.9 Å². The number of amides is 1. The smallest absolute Gasteiger partial charge is 0.404 e. The van der Waals surface area contributed by atoms with Crippen LogP contribution in [0.5, 0.6) is 5.75 Å². The molecule has 0 saturated carbocycles. The number of halogens is 2. The fraction of sp³-hybridized carbons (Fsp3) is 0.231. The number of aromatic amines is 1. The molecule has 1 aliphatic rings. The number of nitrogens with one attached hydrogen (secondary N) is 2. The van der Waals surface area contributed by atoms with Gasteiger partial charge in [-0.05, 0) is 47.9 Å². The number of hydrogen-bond donors (Lipinski definition) is 4. The number of carboxylic acid groups (broad SMARTS) is 1. The molecule has 4 aromatic rings. The second-order valence-corrected chi connectivity index (χ2v) is 9.66. The second-order valence-electron chi connectivity index (χ2n) is 8.84. The highest BCUT2D eigenvalue weighted by Gasteiger charge is 2.24. The number of carbonyl (C=O) groups is 1. The number of likely N-dealkylation sites (tertiary alicyclic amines) is 1. The van der Waals surface area contributed by atoms with Crippen molar-refractivity contribution in [1.82, 2.24) is 20.2 Å². The molecule has 0 unspecified atom stereocenters. The van der Waals surface area contributed by atoms with Gasteiger partial charge in [-0.15, -0.1) is 0 Å². The van der Waals surface area contributed by atoms with Crippen LogP contribution in [-0.4, -0.2) is 45.2 Å². The predicted molar refractivity (Wildman–Crippen MR) is 142 cm³/mol. The lowest BCUT2D eigenvalue weighted by molar-refractivity contribution is 0.189. The molecule has 0 bridgehead atoms. The van der Waals surface area contributed by atoms with Crippen molar-refractivity contribution in [3.8, 4) is 16.9 Å². The summed E-state index contributed by atoms with van der Waals surface area (Å²) in [6.45, 7) is 2.43. The van der Waals surface area contributed by atoms with E-state index in [0.717, 1.165) is 47.1 Å².